The number of ether oxygens (including phenoxy) is 1. The molecule has 1 aliphatic heterocycles. The second kappa shape index (κ2) is 12.7. The van der Waals surface area contributed by atoms with E-state index in [4.69, 9.17) is 4.74 Å². The summed E-state index contributed by atoms with van der Waals surface area (Å²) in [4.78, 5) is 43.4. The van der Waals surface area contributed by atoms with Crippen molar-refractivity contribution in [2.75, 3.05) is 32.7 Å². The van der Waals surface area contributed by atoms with E-state index in [9.17, 15) is 27.6 Å². The van der Waals surface area contributed by atoms with Gasteiger partial charge in [-0.1, -0.05) is 66.7 Å². The number of nitrogens with zero attached hydrogens (tertiary/aromatic N) is 3. The van der Waals surface area contributed by atoms with E-state index in [1.165, 1.54) is 26.8 Å². The number of alkyl halides is 3. The van der Waals surface area contributed by atoms with Crippen molar-refractivity contribution >= 4 is 17.9 Å². The molecular weight excluding hydrogens is 547 g/mol. The predicted molar refractivity (Wildman–Crippen MR) is 152 cm³/mol. The van der Waals surface area contributed by atoms with Crippen LogP contribution >= 0.6 is 0 Å². The monoisotopic (exact) mass is 581 g/mol. The van der Waals surface area contributed by atoms with Gasteiger partial charge in [0.2, 0.25) is 5.91 Å². The molecule has 0 aromatic heterocycles. The summed E-state index contributed by atoms with van der Waals surface area (Å²) < 4.78 is 45.8. The highest BCUT2D eigenvalue weighted by molar-refractivity contribution is 5.96. The van der Waals surface area contributed by atoms with Crippen molar-refractivity contribution in [3.05, 3.63) is 95.6 Å². The number of hydrogen-bond acceptors (Lipinski definition) is 4. The van der Waals surface area contributed by atoms with Crippen LogP contribution in [0.1, 0.15) is 42.3 Å². The highest BCUT2D eigenvalue weighted by Gasteiger charge is 2.37. The van der Waals surface area contributed by atoms with E-state index < -0.39 is 34.9 Å². The molecule has 0 radical (unpaired) electrons. The molecule has 42 heavy (non-hydrogen) atoms. The van der Waals surface area contributed by atoms with Gasteiger partial charge < -0.3 is 14.5 Å². The van der Waals surface area contributed by atoms with Gasteiger partial charge in [0.15, 0.2) is 0 Å². The van der Waals surface area contributed by atoms with E-state index in [1.54, 1.807) is 20.8 Å². The standard InChI is InChI=1S/C32H34F3N3O4/c1-31(2,3)42-30(41)38(21-23-13-15-25(16-14-23)24-9-5-4-6-10-24)22-28(39)36-17-19-37(20-18-36)29(40)26-11-7-8-12-27(26)32(33,34)35/h4-16H,17-22H2,1-3H3. The third-order valence-corrected chi connectivity index (χ3v) is 6.79. The largest absolute Gasteiger partial charge is 0.444 e. The average molecular weight is 582 g/mol. The number of carbonyl (C=O) groups excluding carboxylic acids is 3. The summed E-state index contributed by atoms with van der Waals surface area (Å²) in [6, 6.07) is 22.2. The Morgan fingerprint density at radius 2 is 1.31 bits per heavy atom. The van der Waals surface area contributed by atoms with Gasteiger partial charge in [0.25, 0.3) is 5.91 Å². The van der Waals surface area contributed by atoms with Gasteiger partial charge in [0, 0.05) is 32.7 Å². The van der Waals surface area contributed by atoms with Gasteiger partial charge in [0.05, 0.1) is 11.1 Å². The first-order chi connectivity index (χ1) is 19.8. The third-order valence-electron chi connectivity index (χ3n) is 6.79. The topological polar surface area (TPSA) is 70.2 Å². The summed E-state index contributed by atoms with van der Waals surface area (Å²) in [7, 11) is 0. The highest BCUT2D eigenvalue weighted by Crippen LogP contribution is 2.32. The van der Waals surface area contributed by atoms with Crippen molar-refractivity contribution < 1.29 is 32.3 Å². The number of piperazine rings is 1. The number of halogens is 3. The molecule has 0 saturated carbocycles. The Bertz CT molecular complexity index is 1390. The number of carbonyl (C=O) groups is 3. The van der Waals surface area contributed by atoms with Gasteiger partial charge >= 0.3 is 12.3 Å². The fourth-order valence-corrected chi connectivity index (χ4v) is 4.67. The molecular formula is C32H34F3N3O4. The maximum atomic E-state index is 13.4. The maximum absolute atomic E-state index is 13.4. The minimum atomic E-state index is -4.66. The van der Waals surface area contributed by atoms with Crippen molar-refractivity contribution in [1.82, 2.24) is 14.7 Å². The van der Waals surface area contributed by atoms with E-state index in [2.05, 4.69) is 0 Å². The normalized spacial score (nSPS) is 14.0. The molecule has 1 fully saturated rings. The summed E-state index contributed by atoms with van der Waals surface area (Å²) in [5, 5.41) is 0. The van der Waals surface area contributed by atoms with E-state index >= 15 is 0 Å². The minimum absolute atomic E-state index is 0.0736. The number of benzene rings is 3. The summed E-state index contributed by atoms with van der Waals surface area (Å²) in [6.07, 6.45) is -5.29. The molecule has 0 atom stereocenters. The van der Waals surface area contributed by atoms with Gasteiger partial charge in [-0.2, -0.15) is 13.2 Å². The van der Waals surface area contributed by atoms with Crippen molar-refractivity contribution in [3.8, 4) is 11.1 Å². The van der Waals surface area contributed by atoms with Crippen molar-refractivity contribution in [2.45, 2.75) is 39.1 Å². The molecule has 0 bridgehead atoms. The fourth-order valence-electron chi connectivity index (χ4n) is 4.67. The van der Waals surface area contributed by atoms with Gasteiger partial charge in [-0.3, -0.25) is 14.5 Å². The molecule has 3 amide bonds. The molecule has 222 valence electrons. The van der Waals surface area contributed by atoms with Crippen LogP contribution < -0.4 is 0 Å². The molecule has 3 aromatic rings. The second-order valence-corrected chi connectivity index (χ2v) is 11.1. The molecule has 1 saturated heterocycles. The molecule has 0 N–H and O–H groups in total. The van der Waals surface area contributed by atoms with Crippen LogP contribution in [-0.4, -0.2) is 70.9 Å². The van der Waals surface area contributed by atoms with Crippen molar-refractivity contribution in [1.29, 1.82) is 0 Å². The smallest absolute Gasteiger partial charge is 0.417 e. The predicted octanol–water partition coefficient (Wildman–Crippen LogP) is 6.09. The Balaban J connectivity index is 1.41. The molecule has 10 heteroatoms. The van der Waals surface area contributed by atoms with E-state index in [0.717, 1.165) is 28.8 Å². The Hall–Kier alpha value is -4.34. The number of hydrogen-bond donors (Lipinski definition) is 0. The molecule has 0 aliphatic carbocycles. The molecule has 0 spiro atoms. The van der Waals surface area contributed by atoms with Crippen molar-refractivity contribution in [3.63, 3.8) is 0 Å². The van der Waals surface area contributed by atoms with Crippen LogP contribution in [0.3, 0.4) is 0 Å². The SMILES string of the molecule is CC(C)(C)OC(=O)N(CC(=O)N1CCN(C(=O)c2ccccc2C(F)(F)F)CC1)Cc1ccc(-c2ccccc2)cc1. The summed E-state index contributed by atoms with van der Waals surface area (Å²) in [5.74, 6) is -1.08. The van der Waals surface area contributed by atoms with Gasteiger partial charge in [-0.15, -0.1) is 0 Å². The Morgan fingerprint density at radius 3 is 1.90 bits per heavy atom. The van der Waals surface area contributed by atoms with Gasteiger partial charge in [0.1, 0.15) is 12.1 Å². The number of amides is 3. The van der Waals surface area contributed by atoms with Gasteiger partial charge in [-0.25, -0.2) is 4.79 Å². The zero-order valence-corrected chi connectivity index (χ0v) is 23.9. The van der Waals surface area contributed by atoms with Crippen LogP contribution in [0.5, 0.6) is 0 Å². The lowest BCUT2D eigenvalue weighted by atomic mass is 10.0. The van der Waals surface area contributed by atoms with E-state index in [0.29, 0.717) is 0 Å². The van der Waals surface area contributed by atoms with Crippen LogP contribution in [0, 0.1) is 0 Å². The van der Waals surface area contributed by atoms with Gasteiger partial charge in [-0.05, 0) is 49.6 Å². The lowest BCUT2D eigenvalue weighted by molar-refractivity contribution is -0.138. The Morgan fingerprint density at radius 1 is 0.762 bits per heavy atom. The van der Waals surface area contributed by atoms with Crippen LogP contribution in [-0.2, 0) is 22.3 Å². The van der Waals surface area contributed by atoms with Crippen LogP contribution in [0.2, 0.25) is 0 Å². The summed E-state index contributed by atoms with van der Waals surface area (Å²) in [6.45, 7) is 5.53. The zero-order valence-electron chi connectivity index (χ0n) is 23.9. The minimum Gasteiger partial charge on any atom is -0.444 e. The average Bonchev–Trinajstić information content (AvgIpc) is 2.96. The van der Waals surface area contributed by atoms with Crippen LogP contribution in [0.15, 0.2) is 78.9 Å². The first kappa shape index (κ1) is 30.6. The Kier molecular flexibility index (Phi) is 9.23. The maximum Gasteiger partial charge on any atom is 0.417 e. The zero-order chi connectivity index (χ0) is 30.5. The lowest BCUT2D eigenvalue weighted by Crippen LogP contribution is -2.53. The molecule has 1 aliphatic rings. The van der Waals surface area contributed by atoms with E-state index in [1.807, 2.05) is 54.6 Å². The van der Waals surface area contributed by atoms with Crippen LogP contribution in [0.25, 0.3) is 11.1 Å². The lowest BCUT2D eigenvalue weighted by Gasteiger charge is -2.36. The first-order valence-electron chi connectivity index (χ1n) is 13.7. The number of rotatable bonds is 6. The fraction of sp³-hybridized carbons (Fsp3) is 0.344. The van der Waals surface area contributed by atoms with E-state index in [-0.39, 0.29) is 45.2 Å². The summed E-state index contributed by atoms with van der Waals surface area (Å²) >= 11 is 0. The molecule has 0 unspecified atom stereocenters. The second-order valence-electron chi connectivity index (χ2n) is 11.1. The first-order valence-corrected chi connectivity index (χ1v) is 13.7. The molecule has 7 nitrogen and oxygen atoms in total. The van der Waals surface area contributed by atoms with Crippen molar-refractivity contribution in [2.24, 2.45) is 0 Å². The summed E-state index contributed by atoms with van der Waals surface area (Å²) in [5.41, 5.74) is 0.714. The molecule has 3 aromatic carbocycles. The third kappa shape index (κ3) is 7.90. The molecule has 1 heterocycles. The highest BCUT2D eigenvalue weighted by atomic mass is 19.4. The Labute approximate surface area is 243 Å². The molecule has 4 rings (SSSR count). The van der Waals surface area contributed by atoms with Crippen LogP contribution in [0.4, 0.5) is 18.0 Å². The quantitative estimate of drug-likeness (QED) is 0.353.